The van der Waals surface area contributed by atoms with Crippen molar-refractivity contribution in [2.45, 2.75) is 19.3 Å². The quantitative estimate of drug-likeness (QED) is 0.718. The number of fused-ring (bicyclic) bond motifs is 1. The van der Waals surface area contributed by atoms with Crippen molar-refractivity contribution >= 4 is 17.8 Å². The lowest BCUT2D eigenvalue weighted by Crippen LogP contribution is -2.32. The summed E-state index contributed by atoms with van der Waals surface area (Å²) in [6.45, 7) is 2.07. The molecule has 0 aromatic rings. The largest absolute Gasteiger partial charge is 0.478 e. The first kappa shape index (κ1) is 14.0. The van der Waals surface area contributed by atoms with Crippen LogP contribution in [0.25, 0.3) is 0 Å². The number of aliphatic carboxylic acids is 2. The predicted molar refractivity (Wildman–Crippen MR) is 66.4 cm³/mol. The minimum Gasteiger partial charge on any atom is -0.478 e. The van der Waals surface area contributed by atoms with E-state index in [0.717, 1.165) is 6.54 Å². The lowest BCUT2D eigenvalue weighted by atomic mass is 10.1. The molecule has 2 aliphatic heterocycles. The van der Waals surface area contributed by atoms with E-state index in [1.807, 2.05) is 0 Å². The molecule has 0 spiro atoms. The highest BCUT2D eigenvalue weighted by molar-refractivity contribution is 5.89. The molecule has 2 heterocycles. The third-order valence-corrected chi connectivity index (χ3v) is 2.41. The number of hydrogen-bond acceptors (Lipinski definition) is 4. The summed E-state index contributed by atoms with van der Waals surface area (Å²) in [4.78, 5) is 25.8. The summed E-state index contributed by atoms with van der Waals surface area (Å²) < 4.78 is 0. The van der Waals surface area contributed by atoms with Crippen LogP contribution in [-0.2, 0) is 9.59 Å². The van der Waals surface area contributed by atoms with Gasteiger partial charge in [0, 0.05) is 31.3 Å². The maximum absolute atomic E-state index is 9.55. The van der Waals surface area contributed by atoms with Gasteiger partial charge < -0.3 is 15.1 Å². The Balaban J connectivity index is 0.000000187. The summed E-state index contributed by atoms with van der Waals surface area (Å²) in [5, 5.41) is 15.6. The monoisotopic (exact) mass is 252 g/mol. The second-order valence-corrected chi connectivity index (χ2v) is 3.80. The Morgan fingerprint density at radius 2 is 1.89 bits per heavy atom. The first-order valence-electron chi connectivity index (χ1n) is 5.70. The minimum atomic E-state index is -1.26. The van der Waals surface area contributed by atoms with Crippen LogP contribution in [0.15, 0.2) is 29.4 Å². The number of carboxylic acid groups (broad SMARTS) is 2. The van der Waals surface area contributed by atoms with Gasteiger partial charge in [-0.25, -0.2) is 9.59 Å². The minimum absolute atomic E-state index is 0.558. The average Bonchev–Trinajstić information content (AvgIpc) is 2.37. The second-order valence-electron chi connectivity index (χ2n) is 3.80. The van der Waals surface area contributed by atoms with E-state index in [-0.39, 0.29) is 0 Å². The lowest BCUT2D eigenvalue weighted by molar-refractivity contribution is -0.134. The molecule has 0 aromatic carbocycles. The van der Waals surface area contributed by atoms with Crippen molar-refractivity contribution in [1.29, 1.82) is 0 Å². The summed E-state index contributed by atoms with van der Waals surface area (Å²) in [5.41, 5.74) is 0. The first-order valence-corrected chi connectivity index (χ1v) is 5.70. The maximum Gasteiger partial charge on any atom is 0.328 e. The Morgan fingerprint density at radius 1 is 1.22 bits per heavy atom. The molecule has 0 aromatic heterocycles. The van der Waals surface area contributed by atoms with E-state index < -0.39 is 11.9 Å². The molecule has 0 saturated carbocycles. The van der Waals surface area contributed by atoms with Gasteiger partial charge in [-0.2, -0.15) is 0 Å². The molecule has 98 valence electrons. The molecular formula is C12H16N2O4. The first-order chi connectivity index (χ1) is 8.59. The van der Waals surface area contributed by atoms with E-state index in [4.69, 9.17) is 10.2 Å². The van der Waals surface area contributed by atoms with Gasteiger partial charge in [-0.15, -0.1) is 0 Å². The number of aliphatic imine (C=N–C) groups is 1. The van der Waals surface area contributed by atoms with Gasteiger partial charge in [-0.05, 0) is 18.9 Å². The molecule has 2 N–H and O–H groups in total. The molecule has 6 heteroatoms. The van der Waals surface area contributed by atoms with Crippen LogP contribution < -0.4 is 0 Å². The van der Waals surface area contributed by atoms with Gasteiger partial charge in [-0.3, -0.25) is 4.99 Å². The Labute approximate surface area is 105 Å². The van der Waals surface area contributed by atoms with Gasteiger partial charge in [0.15, 0.2) is 0 Å². The van der Waals surface area contributed by atoms with E-state index in [2.05, 4.69) is 22.2 Å². The standard InChI is InChI=1S/C8H12N2.C4H4O4/c1-2-6-10-7-3-5-9-8(10)4-1;5-3(6)1-2-4(7)8/h3,7H,1-2,4-6H2;1-2H,(H,5,6)(H,7,8)/b;2-1+. The summed E-state index contributed by atoms with van der Waals surface area (Å²) >= 11 is 0. The topological polar surface area (TPSA) is 90.2 Å². The van der Waals surface area contributed by atoms with E-state index in [9.17, 15) is 9.59 Å². The fourth-order valence-corrected chi connectivity index (χ4v) is 1.64. The van der Waals surface area contributed by atoms with Crippen molar-refractivity contribution in [2.24, 2.45) is 4.99 Å². The van der Waals surface area contributed by atoms with Gasteiger partial charge in [-0.1, -0.05) is 0 Å². The van der Waals surface area contributed by atoms with Gasteiger partial charge >= 0.3 is 11.9 Å². The van der Waals surface area contributed by atoms with Gasteiger partial charge in [0.2, 0.25) is 0 Å². The SMILES string of the molecule is C1=CN2CCCCC2=NC1.O=C(O)/C=C/C(=O)O. The van der Waals surface area contributed by atoms with Crippen LogP contribution in [0.3, 0.4) is 0 Å². The third-order valence-electron chi connectivity index (χ3n) is 2.41. The van der Waals surface area contributed by atoms with E-state index in [1.54, 1.807) is 0 Å². The zero-order valence-electron chi connectivity index (χ0n) is 9.95. The highest BCUT2D eigenvalue weighted by Gasteiger charge is 2.14. The Kier molecular flexibility index (Phi) is 5.63. The number of carbonyl (C=O) groups is 2. The molecule has 2 aliphatic rings. The van der Waals surface area contributed by atoms with Gasteiger partial charge in [0.1, 0.15) is 5.84 Å². The predicted octanol–water partition coefficient (Wildman–Crippen LogP) is 1.11. The van der Waals surface area contributed by atoms with Crippen LogP contribution in [0.1, 0.15) is 19.3 Å². The molecule has 2 rings (SSSR count). The molecule has 0 atom stereocenters. The number of carboxylic acids is 2. The van der Waals surface area contributed by atoms with Gasteiger partial charge in [0.05, 0.1) is 6.54 Å². The fraction of sp³-hybridized carbons (Fsp3) is 0.417. The van der Waals surface area contributed by atoms with Crippen LogP contribution >= 0.6 is 0 Å². The molecule has 0 bridgehead atoms. The smallest absolute Gasteiger partial charge is 0.328 e. The molecule has 1 saturated heterocycles. The Morgan fingerprint density at radius 3 is 2.44 bits per heavy atom. The number of nitrogens with zero attached hydrogens (tertiary/aromatic N) is 2. The Hall–Kier alpha value is -2.11. The number of amidine groups is 1. The number of piperidine rings is 1. The summed E-state index contributed by atoms with van der Waals surface area (Å²) in [6, 6.07) is 0. The van der Waals surface area contributed by atoms with Crippen molar-refractivity contribution in [3.05, 3.63) is 24.4 Å². The van der Waals surface area contributed by atoms with Crippen LogP contribution in [0.2, 0.25) is 0 Å². The third kappa shape index (κ3) is 5.29. The van der Waals surface area contributed by atoms with Crippen LogP contribution in [-0.4, -0.2) is 46.0 Å². The molecule has 0 amide bonds. The normalized spacial score (nSPS) is 17.6. The van der Waals surface area contributed by atoms with Gasteiger partial charge in [0.25, 0.3) is 0 Å². The Bertz CT molecular complexity index is 383. The summed E-state index contributed by atoms with van der Waals surface area (Å²) in [5.74, 6) is -1.21. The summed E-state index contributed by atoms with van der Waals surface area (Å²) in [7, 11) is 0. The molecule has 1 fully saturated rings. The van der Waals surface area contributed by atoms with E-state index in [0.29, 0.717) is 12.2 Å². The molecule has 0 unspecified atom stereocenters. The van der Waals surface area contributed by atoms with Crippen LogP contribution in [0.4, 0.5) is 0 Å². The highest BCUT2D eigenvalue weighted by atomic mass is 16.4. The van der Waals surface area contributed by atoms with E-state index in [1.165, 1.54) is 31.6 Å². The number of rotatable bonds is 2. The molecule has 0 radical (unpaired) electrons. The molecule has 0 aliphatic carbocycles. The average molecular weight is 252 g/mol. The van der Waals surface area contributed by atoms with Crippen molar-refractivity contribution in [1.82, 2.24) is 4.90 Å². The highest BCUT2D eigenvalue weighted by Crippen LogP contribution is 2.14. The van der Waals surface area contributed by atoms with Crippen molar-refractivity contribution in [3.8, 4) is 0 Å². The molecule has 6 nitrogen and oxygen atoms in total. The lowest BCUT2D eigenvalue weighted by Gasteiger charge is -2.28. The van der Waals surface area contributed by atoms with Crippen LogP contribution in [0, 0.1) is 0 Å². The zero-order valence-corrected chi connectivity index (χ0v) is 9.95. The zero-order chi connectivity index (χ0) is 13.4. The molecule has 18 heavy (non-hydrogen) atoms. The van der Waals surface area contributed by atoms with E-state index >= 15 is 0 Å². The maximum atomic E-state index is 9.55. The summed E-state index contributed by atoms with van der Waals surface area (Å²) in [6.07, 6.45) is 9.23. The molecular weight excluding hydrogens is 236 g/mol. The second kappa shape index (κ2) is 7.26. The fourth-order valence-electron chi connectivity index (χ4n) is 1.64. The number of hydrogen-bond donors (Lipinski definition) is 2. The van der Waals surface area contributed by atoms with Crippen LogP contribution in [0.5, 0.6) is 0 Å². The van der Waals surface area contributed by atoms with Crippen molar-refractivity contribution in [2.75, 3.05) is 13.1 Å². The van der Waals surface area contributed by atoms with Crippen molar-refractivity contribution in [3.63, 3.8) is 0 Å². The van der Waals surface area contributed by atoms with Crippen molar-refractivity contribution < 1.29 is 19.8 Å².